The third-order valence-electron chi connectivity index (χ3n) is 5.80. The number of likely N-dealkylation sites (N-methyl/N-ethyl adjacent to an activating group) is 1. The summed E-state index contributed by atoms with van der Waals surface area (Å²) >= 11 is 0. The highest BCUT2D eigenvalue weighted by Gasteiger charge is 2.21. The number of rotatable bonds is 6. The van der Waals surface area contributed by atoms with Crippen molar-refractivity contribution in [1.29, 1.82) is 0 Å². The van der Waals surface area contributed by atoms with Crippen molar-refractivity contribution in [3.8, 4) is 0 Å². The number of nitrogens with zero attached hydrogens (tertiary/aromatic N) is 3. The third kappa shape index (κ3) is 4.75. The normalized spacial score (nSPS) is 14.2. The van der Waals surface area contributed by atoms with Crippen LogP contribution in [0.3, 0.4) is 0 Å². The van der Waals surface area contributed by atoms with Gasteiger partial charge in [-0.2, -0.15) is 0 Å². The first kappa shape index (κ1) is 22.5. The van der Waals surface area contributed by atoms with E-state index in [2.05, 4.69) is 39.3 Å². The van der Waals surface area contributed by atoms with Crippen molar-refractivity contribution in [2.45, 2.75) is 6.92 Å². The Bertz CT molecular complexity index is 1160. The van der Waals surface area contributed by atoms with Crippen molar-refractivity contribution < 1.29 is 19.1 Å². The van der Waals surface area contributed by atoms with E-state index >= 15 is 0 Å². The Balaban J connectivity index is 1.71. The summed E-state index contributed by atoms with van der Waals surface area (Å²) in [5.74, 6) is -0.966. The topological polar surface area (TPSA) is 84.0 Å². The first-order valence-corrected chi connectivity index (χ1v) is 11.0. The highest BCUT2D eigenvalue weighted by molar-refractivity contribution is 6.11. The molecular formula is C25H28N4O4. The van der Waals surface area contributed by atoms with Crippen molar-refractivity contribution in [2.24, 2.45) is 0 Å². The minimum atomic E-state index is -0.487. The van der Waals surface area contributed by atoms with Crippen LogP contribution < -0.4 is 10.2 Å². The number of carbonyl (C=O) groups is 2. The van der Waals surface area contributed by atoms with Crippen LogP contribution in [0.1, 0.15) is 27.6 Å². The summed E-state index contributed by atoms with van der Waals surface area (Å²) < 4.78 is 10.1. The number of hydrogen-bond donors (Lipinski definition) is 1. The fourth-order valence-electron chi connectivity index (χ4n) is 3.96. The Morgan fingerprint density at radius 1 is 1.00 bits per heavy atom. The van der Waals surface area contributed by atoms with E-state index < -0.39 is 11.9 Å². The van der Waals surface area contributed by atoms with E-state index in [4.69, 9.17) is 9.47 Å². The molecule has 0 amide bonds. The lowest BCUT2D eigenvalue weighted by Gasteiger charge is -2.34. The molecule has 0 unspecified atom stereocenters. The van der Waals surface area contributed by atoms with Crippen molar-refractivity contribution in [1.82, 2.24) is 9.88 Å². The van der Waals surface area contributed by atoms with Gasteiger partial charge in [0.1, 0.15) is 5.56 Å². The monoisotopic (exact) mass is 448 g/mol. The van der Waals surface area contributed by atoms with Crippen LogP contribution in [0.5, 0.6) is 0 Å². The molecule has 4 rings (SSSR count). The summed E-state index contributed by atoms with van der Waals surface area (Å²) in [6.45, 7) is 6.05. The molecule has 0 radical (unpaired) electrons. The highest BCUT2D eigenvalue weighted by atomic mass is 16.5. The maximum absolute atomic E-state index is 12.7. The lowest BCUT2D eigenvalue weighted by atomic mass is 10.0. The molecule has 8 heteroatoms. The molecule has 0 spiro atoms. The molecule has 3 aromatic rings. The van der Waals surface area contributed by atoms with Gasteiger partial charge in [-0.05, 0) is 44.3 Å². The van der Waals surface area contributed by atoms with Gasteiger partial charge in [0, 0.05) is 49.1 Å². The molecule has 1 fully saturated rings. The number of aromatic nitrogens is 1. The van der Waals surface area contributed by atoms with Crippen molar-refractivity contribution in [3.63, 3.8) is 0 Å². The number of methoxy groups -OCH3 is 1. The van der Waals surface area contributed by atoms with Crippen molar-refractivity contribution in [2.75, 3.05) is 57.2 Å². The van der Waals surface area contributed by atoms with Crippen LogP contribution in [0, 0.1) is 0 Å². The lowest BCUT2D eigenvalue weighted by Crippen LogP contribution is -2.44. The van der Waals surface area contributed by atoms with Gasteiger partial charge in [0.25, 0.3) is 0 Å². The summed E-state index contributed by atoms with van der Waals surface area (Å²) in [4.78, 5) is 34.0. The summed E-state index contributed by atoms with van der Waals surface area (Å²) in [7, 11) is 3.46. The van der Waals surface area contributed by atoms with Crippen LogP contribution in [0.2, 0.25) is 0 Å². The third-order valence-corrected chi connectivity index (χ3v) is 5.80. The smallest absolute Gasteiger partial charge is 0.341 e. The summed E-state index contributed by atoms with van der Waals surface area (Å²) in [5.41, 5.74) is 3.60. The number of benzene rings is 2. The maximum Gasteiger partial charge on any atom is 0.341 e. The predicted octanol–water partition coefficient (Wildman–Crippen LogP) is 3.69. The second-order valence-corrected chi connectivity index (χ2v) is 7.92. The summed E-state index contributed by atoms with van der Waals surface area (Å²) in [6, 6.07) is 13.3. The Kier molecular flexibility index (Phi) is 6.74. The molecule has 0 saturated carbocycles. The lowest BCUT2D eigenvalue weighted by molar-refractivity contribution is 0.0526. The summed E-state index contributed by atoms with van der Waals surface area (Å²) in [5, 5.41) is 3.99. The summed E-state index contributed by atoms with van der Waals surface area (Å²) in [6.07, 6.45) is 1.44. The van der Waals surface area contributed by atoms with Gasteiger partial charge >= 0.3 is 11.9 Å². The number of carbonyl (C=O) groups excluding carboxylic acids is 2. The zero-order valence-electron chi connectivity index (χ0n) is 19.1. The fourth-order valence-corrected chi connectivity index (χ4v) is 3.96. The second kappa shape index (κ2) is 9.87. The van der Waals surface area contributed by atoms with E-state index in [0.717, 1.165) is 37.6 Å². The van der Waals surface area contributed by atoms with E-state index in [-0.39, 0.29) is 6.61 Å². The van der Waals surface area contributed by atoms with Crippen LogP contribution in [-0.4, -0.2) is 68.8 Å². The molecule has 33 heavy (non-hydrogen) atoms. The van der Waals surface area contributed by atoms with E-state index in [1.807, 2.05) is 18.2 Å². The number of esters is 2. The molecule has 0 atom stereocenters. The number of ether oxygens (including phenoxy) is 2. The van der Waals surface area contributed by atoms with Crippen LogP contribution >= 0.6 is 0 Å². The fraction of sp³-hybridized carbons (Fsp3) is 0.320. The average molecular weight is 449 g/mol. The van der Waals surface area contributed by atoms with Crippen LogP contribution in [0.15, 0.2) is 48.7 Å². The number of piperazine rings is 1. The molecule has 1 N–H and O–H groups in total. The van der Waals surface area contributed by atoms with Gasteiger partial charge in [0.05, 0.1) is 30.5 Å². The van der Waals surface area contributed by atoms with Gasteiger partial charge in [-0.1, -0.05) is 12.1 Å². The Hall–Kier alpha value is -3.65. The first-order chi connectivity index (χ1) is 16.0. The van der Waals surface area contributed by atoms with Gasteiger partial charge in [0.2, 0.25) is 0 Å². The minimum absolute atomic E-state index is 0.248. The molecule has 0 bridgehead atoms. The molecule has 2 aromatic carbocycles. The zero-order valence-corrected chi connectivity index (χ0v) is 19.1. The highest BCUT2D eigenvalue weighted by Crippen LogP contribution is 2.32. The van der Waals surface area contributed by atoms with E-state index in [1.165, 1.54) is 13.3 Å². The number of hydrogen-bond acceptors (Lipinski definition) is 8. The van der Waals surface area contributed by atoms with Gasteiger partial charge in [-0.15, -0.1) is 0 Å². The second-order valence-electron chi connectivity index (χ2n) is 7.92. The molecule has 172 valence electrons. The van der Waals surface area contributed by atoms with Gasteiger partial charge in [-0.3, -0.25) is 4.98 Å². The molecule has 0 aliphatic carbocycles. The maximum atomic E-state index is 12.7. The Morgan fingerprint density at radius 3 is 2.39 bits per heavy atom. The molecule has 1 aliphatic rings. The van der Waals surface area contributed by atoms with E-state index in [9.17, 15) is 9.59 Å². The molecule has 1 aromatic heterocycles. The molecule has 8 nitrogen and oxygen atoms in total. The van der Waals surface area contributed by atoms with Crippen LogP contribution in [0.4, 0.5) is 17.1 Å². The van der Waals surface area contributed by atoms with Gasteiger partial charge < -0.3 is 24.6 Å². The SMILES string of the molecule is CCOC(=O)c1cnc2c(C(=O)OC)cccc2c1Nc1ccc(N2CCN(C)CC2)cc1. The zero-order chi connectivity index (χ0) is 23.4. The molecule has 1 saturated heterocycles. The Morgan fingerprint density at radius 2 is 1.73 bits per heavy atom. The number of para-hydroxylation sites is 1. The molecule has 1 aliphatic heterocycles. The number of fused-ring (bicyclic) bond motifs is 1. The largest absolute Gasteiger partial charge is 0.465 e. The molecule has 2 heterocycles. The standard InChI is InChI=1S/C25H28N4O4/c1-4-33-25(31)21-16-26-22-19(6-5-7-20(22)24(30)32-3)23(21)27-17-8-10-18(11-9-17)29-14-12-28(2)13-15-29/h5-11,16H,4,12-15H2,1-3H3,(H,26,27). The predicted molar refractivity (Wildman–Crippen MR) is 128 cm³/mol. The number of pyridine rings is 1. The van der Waals surface area contributed by atoms with Crippen molar-refractivity contribution in [3.05, 3.63) is 59.8 Å². The quantitative estimate of drug-likeness (QED) is 0.572. The van der Waals surface area contributed by atoms with E-state index in [1.54, 1.807) is 19.1 Å². The first-order valence-electron chi connectivity index (χ1n) is 11.0. The minimum Gasteiger partial charge on any atom is -0.465 e. The van der Waals surface area contributed by atoms with Gasteiger partial charge in [0.15, 0.2) is 0 Å². The molecular weight excluding hydrogens is 420 g/mol. The van der Waals surface area contributed by atoms with Crippen LogP contribution in [0.25, 0.3) is 10.9 Å². The number of anilines is 3. The van der Waals surface area contributed by atoms with E-state index in [0.29, 0.717) is 27.7 Å². The van der Waals surface area contributed by atoms with Crippen LogP contribution in [-0.2, 0) is 9.47 Å². The van der Waals surface area contributed by atoms with Gasteiger partial charge in [-0.25, -0.2) is 9.59 Å². The number of nitrogens with one attached hydrogen (secondary N) is 1. The van der Waals surface area contributed by atoms with Crippen molar-refractivity contribution >= 4 is 39.9 Å². The Labute approximate surface area is 193 Å². The average Bonchev–Trinajstić information content (AvgIpc) is 2.84.